The molecule has 0 bridgehead atoms. The van der Waals surface area contributed by atoms with Gasteiger partial charge in [0.2, 0.25) is 0 Å². The molecule has 0 aromatic carbocycles. The summed E-state index contributed by atoms with van der Waals surface area (Å²) >= 11 is 1.18. The van der Waals surface area contributed by atoms with E-state index in [9.17, 15) is 8.78 Å². The monoisotopic (exact) mass is 260 g/mol. The van der Waals surface area contributed by atoms with E-state index in [-0.39, 0.29) is 4.88 Å². The average molecular weight is 260 g/mol. The van der Waals surface area contributed by atoms with Crippen LogP contribution in [0.4, 0.5) is 8.78 Å². The second-order valence-electron chi connectivity index (χ2n) is 4.81. The van der Waals surface area contributed by atoms with Crippen molar-refractivity contribution in [2.75, 3.05) is 13.1 Å². The fourth-order valence-electron chi connectivity index (χ4n) is 2.28. The molecule has 1 aromatic rings. The van der Waals surface area contributed by atoms with Crippen molar-refractivity contribution in [2.45, 2.75) is 39.0 Å². The maximum Gasteiger partial charge on any atom is 0.281 e. The molecule has 96 valence electrons. The van der Waals surface area contributed by atoms with E-state index >= 15 is 0 Å². The summed E-state index contributed by atoms with van der Waals surface area (Å²) < 4.78 is 26.5. The van der Waals surface area contributed by atoms with E-state index in [1.807, 2.05) is 0 Å². The molecule has 0 unspecified atom stereocenters. The normalized spacial score (nSPS) is 18.6. The van der Waals surface area contributed by atoms with E-state index < -0.39 is 5.92 Å². The fourth-order valence-corrected chi connectivity index (χ4v) is 3.39. The van der Waals surface area contributed by atoms with Crippen molar-refractivity contribution < 1.29 is 8.78 Å². The molecular formula is C12H18F2N2S. The number of alkyl halides is 2. The third-order valence-electron chi connectivity index (χ3n) is 3.16. The highest BCUT2D eigenvalue weighted by molar-refractivity contribution is 7.11. The molecule has 0 aliphatic carbocycles. The average Bonchev–Trinajstić information content (AvgIpc) is 2.60. The molecule has 0 spiro atoms. The summed E-state index contributed by atoms with van der Waals surface area (Å²) in [5.74, 6) is -2.16. The van der Waals surface area contributed by atoms with Gasteiger partial charge in [0.15, 0.2) is 0 Å². The lowest BCUT2D eigenvalue weighted by Crippen LogP contribution is -2.28. The second-order valence-corrected chi connectivity index (χ2v) is 5.89. The Morgan fingerprint density at radius 1 is 1.41 bits per heavy atom. The first-order valence-corrected chi connectivity index (χ1v) is 6.84. The number of nitrogens with zero attached hydrogens (tertiary/aromatic N) is 1. The number of aromatic nitrogens is 1. The molecular weight excluding hydrogens is 242 g/mol. The SMILES string of the molecule is Cc1nc(CC2CCNCC2)sc1C(C)(F)F. The Bertz CT molecular complexity index is 378. The summed E-state index contributed by atoms with van der Waals surface area (Å²) in [5.41, 5.74) is 0.492. The number of thiazole rings is 1. The quantitative estimate of drug-likeness (QED) is 0.903. The third kappa shape index (κ3) is 3.22. The van der Waals surface area contributed by atoms with Crippen molar-refractivity contribution in [3.8, 4) is 0 Å². The molecule has 0 saturated carbocycles. The number of piperidine rings is 1. The largest absolute Gasteiger partial charge is 0.317 e. The summed E-state index contributed by atoms with van der Waals surface area (Å²) in [7, 11) is 0. The van der Waals surface area contributed by atoms with Gasteiger partial charge in [-0.15, -0.1) is 11.3 Å². The van der Waals surface area contributed by atoms with Crippen molar-refractivity contribution in [3.05, 3.63) is 15.6 Å². The molecule has 5 heteroatoms. The lowest BCUT2D eigenvalue weighted by Gasteiger charge is -2.21. The van der Waals surface area contributed by atoms with Crippen molar-refractivity contribution in [2.24, 2.45) is 5.92 Å². The predicted molar refractivity (Wildman–Crippen MR) is 65.7 cm³/mol. The number of aryl methyl sites for hydroxylation is 1. The highest BCUT2D eigenvalue weighted by Crippen LogP contribution is 2.35. The van der Waals surface area contributed by atoms with Crippen LogP contribution in [0.25, 0.3) is 0 Å². The van der Waals surface area contributed by atoms with Gasteiger partial charge in [0, 0.05) is 13.3 Å². The molecule has 0 atom stereocenters. The van der Waals surface area contributed by atoms with Gasteiger partial charge in [-0.1, -0.05) is 0 Å². The molecule has 17 heavy (non-hydrogen) atoms. The lowest BCUT2D eigenvalue weighted by atomic mass is 9.95. The molecule has 0 amide bonds. The molecule has 1 saturated heterocycles. The van der Waals surface area contributed by atoms with Crippen LogP contribution in [0.1, 0.15) is 35.3 Å². The Labute approximate surface area is 104 Å². The van der Waals surface area contributed by atoms with Gasteiger partial charge >= 0.3 is 0 Å². The van der Waals surface area contributed by atoms with Gasteiger partial charge in [-0.05, 0) is 38.8 Å². The standard InChI is InChI=1S/C12H18F2N2S/c1-8-11(12(2,13)14)17-10(16-8)7-9-3-5-15-6-4-9/h9,15H,3-7H2,1-2H3. The summed E-state index contributed by atoms with van der Waals surface area (Å²) in [6, 6.07) is 0. The maximum atomic E-state index is 13.3. The molecule has 2 nitrogen and oxygen atoms in total. The lowest BCUT2D eigenvalue weighted by molar-refractivity contribution is 0.0206. The van der Waals surface area contributed by atoms with Crippen LogP contribution in [0, 0.1) is 12.8 Å². The van der Waals surface area contributed by atoms with Gasteiger partial charge in [-0.2, -0.15) is 0 Å². The van der Waals surface area contributed by atoms with Crippen molar-refractivity contribution in [1.82, 2.24) is 10.3 Å². The fraction of sp³-hybridized carbons (Fsp3) is 0.750. The van der Waals surface area contributed by atoms with E-state index in [2.05, 4.69) is 10.3 Å². The van der Waals surface area contributed by atoms with Crippen LogP contribution in [0.2, 0.25) is 0 Å². The van der Waals surface area contributed by atoms with Gasteiger partial charge in [0.25, 0.3) is 5.92 Å². The summed E-state index contributed by atoms with van der Waals surface area (Å²) in [5, 5.41) is 4.17. The van der Waals surface area contributed by atoms with E-state index in [4.69, 9.17) is 0 Å². The highest BCUT2D eigenvalue weighted by atomic mass is 32.1. The van der Waals surface area contributed by atoms with Crippen LogP contribution < -0.4 is 5.32 Å². The Balaban J connectivity index is 2.06. The summed E-state index contributed by atoms with van der Waals surface area (Å²) in [6.07, 6.45) is 3.09. The molecule has 1 aromatic heterocycles. The molecule has 0 radical (unpaired) electrons. The Kier molecular flexibility index (Phi) is 3.78. The van der Waals surface area contributed by atoms with Crippen LogP contribution in [0.15, 0.2) is 0 Å². The third-order valence-corrected chi connectivity index (χ3v) is 4.51. The number of rotatable bonds is 3. The molecule has 1 aliphatic heterocycles. The van der Waals surface area contributed by atoms with Gasteiger partial charge in [-0.25, -0.2) is 13.8 Å². The zero-order valence-corrected chi connectivity index (χ0v) is 11.0. The van der Waals surface area contributed by atoms with Crippen molar-refractivity contribution in [1.29, 1.82) is 0 Å². The Morgan fingerprint density at radius 2 is 2.06 bits per heavy atom. The predicted octanol–water partition coefficient (Wildman–Crippen LogP) is 3.11. The van der Waals surface area contributed by atoms with Gasteiger partial charge in [-0.3, -0.25) is 0 Å². The molecule has 1 aliphatic rings. The molecule has 2 heterocycles. The van der Waals surface area contributed by atoms with Gasteiger partial charge in [0.05, 0.1) is 15.6 Å². The van der Waals surface area contributed by atoms with Crippen LogP contribution in [-0.4, -0.2) is 18.1 Å². The van der Waals surface area contributed by atoms with Gasteiger partial charge < -0.3 is 5.32 Å². The number of nitrogens with one attached hydrogen (secondary N) is 1. The first-order valence-electron chi connectivity index (χ1n) is 6.02. The van der Waals surface area contributed by atoms with Gasteiger partial charge in [0.1, 0.15) is 0 Å². The molecule has 1 fully saturated rings. The first-order chi connectivity index (χ1) is 7.97. The minimum absolute atomic E-state index is 0.126. The zero-order valence-electron chi connectivity index (χ0n) is 10.2. The van der Waals surface area contributed by atoms with Crippen LogP contribution in [0.5, 0.6) is 0 Å². The van der Waals surface area contributed by atoms with Crippen molar-refractivity contribution >= 4 is 11.3 Å². The Hall–Kier alpha value is -0.550. The van der Waals surface area contributed by atoms with Crippen LogP contribution in [0.3, 0.4) is 0 Å². The van der Waals surface area contributed by atoms with Crippen molar-refractivity contribution in [3.63, 3.8) is 0 Å². The number of halogens is 2. The number of hydrogen-bond donors (Lipinski definition) is 1. The molecule has 2 rings (SSSR count). The number of hydrogen-bond acceptors (Lipinski definition) is 3. The summed E-state index contributed by atoms with van der Waals surface area (Å²) in [6.45, 7) is 4.69. The van der Waals surface area contributed by atoms with Crippen LogP contribution >= 0.6 is 11.3 Å². The van der Waals surface area contributed by atoms with Crippen LogP contribution in [-0.2, 0) is 12.3 Å². The second kappa shape index (κ2) is 4.98. The summed E-state index contributed by atoms with van der Waals surface area (Å²) in [4.78, 5) is 4.42. The van der Waals surface area contributed by atoms with E-state index in [1.54, 1.807) is 6.92 Å². The molecule has 1 N–H and O–H groups in total. The van der Waals surface area contributed by atoms with E-state index in [0.29, 0.717) is 11.6 Å². The maximum absolute atomic E-state index is 13.3. The Morgan fingerprint density at radius 3 is 2.59 bits per heavy atom. The minimum Gasteiger partial charge on any atom is -0.317 e. The topological polar surface area (TPSA) is 24.9 Å². The highest BCUT2D eigenvalue weighted by Gasteiger charge is 2.30. The minimum atomic E-state index is -2.76. The van der Waals surface area contributed by atoms with E-state index in [0.717, 1.165) is 44.3 Å². The smallest absolute Gasteiger partial charge is 0.281 e. The first kappa shape index (κ1) is 12.9. The zero-order chi connectivity index (χ0) is 12.5. The van der Waals surface area contributed by atoms with E-state index in [1.165, 1.54) is 11.3 Å².